The molecule has 2 fully saturated rings. The lowest BCUT2D eigenvalue weighted by Gasteiger charge is -2.36. The lowest BCUT2D eigenvalue weighted by molar-refractivity contribution is -0.120. The van der Waals surface area contributed by atoms with Crippen molar-refractivity contribution in [2.24, 2.45) is 10.1 Å². The van der Waals surface area contributed by atoms with Gasteiger partial charge in [0.1, 0.15) is 17.3 Å². The van der Waals surface area contributed by atoms with Gasteiger partial charge in [-0.05, 0) is 44.7 Å². The van der Waals surface area contributed by atoms with Gasteiger partial charge in [-0.2, -0.15) is 10.1 Å². The third-order valence-corrected chi connectivity index (χ3v) is 6.89. The fourth-order valence-electron chi connectivity index (χ4n) is 4.44. The SMILES string of the molecule is C=NN1C(=NC)C=C(Nc2cccn(C3CC(OC)C3)c2=O)N/C1=C(/C)C(=O)N[C@H]1CC[C@@H]1OC. The monoisotopic (exact) mass is 483 g/mol. The van der Waals surface area contributed by atoms with Gasteiger partial charge >= 0.3 is 0 Å². The van der Waals surface area contributed by atoms with Crippen LogP contribution in [-0.2, 0) is 14.3 Å². The molecular weight excluding hydrogens is 450 g/mol. The van der Waals surface area contributed by atoms with E-state index in [1.165, 1.54) is 5.01 Å². The van der Waals surface area contributed by atoms with Crippen LogP contribution in [0.1, 0.15) is 38.6 Å². The number of amides is 1. The van der Waals surface area contributed by atoms with E-state index < -0.39 is 0 Å². The maximum Gasteiger partial charge on any atom is 0.274 e. The van der Waals surface area contributed by atoms with Crippen LogP contribution < -0.4 is 21.5 Å². The number of nitrogens with zero attached hydrogens (tertiary/aromatic N) is 4. The summed E-state index contributed by atoms with van der Waals surface area (Å²) in [5, 5.41) is 14.8. The zero-order chi connectivity index (χ0) is 25.1. The molecule has 1 aliphatic heterocycles. The van der Waals surface area contributed by atoms with Crippen molar-refractivity contribution in [3.05, 3.63) is 52.0 Å². The normalized spacial score (nSPS) is 28.3. The van der Waals surface area contributed by atoms with Crippen molar-refractivity contribution in [3.63, 3.8) is 0 Å². The Morgan fingerprint density at radius 1 is 1.26 bits per heavy atom. The zero-order valence-electron chi connectivity index (χ0n) is 20.6. The number of aliphatic imine (C=N–C) groups is 1. The smallest absolute Gasteiger partial charge is 0.274 e. The summed E-state index contributed by atoms with van der Waals surface area (Å²) in [4.78, 5) is 30.4. The number of pyridine rings is 1. The van der Waals surface area contributed by atoms with Crippen LogP contribution in [0.4, 0.5) is 5.69 Å². The lowest BCUT2D eigenvalue weighted by Crippen LogP contribution is -2.52. The molecule has 35 heavy (non-hydrogen) atoms. The summed E-state index contributed by atoms with van der Waals surface area (Å²) in [5.74, 6) is 1.10. The van der Waals surface area contributed by atoms with Gasteiger partial charge in [0.25, 0.3) is 11.5 Å². The maximum atomic E-state index is 13.1. The minimum Gasteiger partial charge on any atom is -0.381 e. The Labute approximate surface area is 204 Å². The first-order valence-corrected chi connectivity index (χ1v) is 11.7. The molecule has 0 saturated heterocycles. The summed E-state index contributed by atoms with van der Waals surface area (Å²) in [6.45, 7) is 5.33. The summed E-state index contributed by atoms with van der Waals surface area (Å²) in [6.07, 6.45) is 7.10. The molecule has 0 radical (unpaired) electrons. The van der Waals surface area contributed by atoms with Crippen LogP contribution >= 0.6 is 0 Å². The van der Waals surface area contributed by atoms with Gasteiger partial charge in [-0.3, -0.25) is 14.6 Å². The van der Waals surface area contributed by atoms with Crippen molar-refractivity contribution in [1.29, 1.82) is 0 Å². The summed E-state index contributed by atoms with van der Waals surface area (Å²) in [5.41, 5.74) is 0.671. The molecule has 2 saturated carbocycles. The average Bonchev–Trinajstić information content (AvgIpc) is 2.82. The number of hydrogen-bond acceptors (Lipinski definition) is 8. The molecule has 0 bridgehead atoms. The van der Waals surface area contributed by atoms with Crippen molar-refractivity contribution < 1.29 is 14.3 Å². The van der Waals surface area contributed by atoms with Crippen molar-refractivity contribution in [1.82, 2.24) is 20.2 Å². The van der Waals surface area contributed by atoms with Crippen LogP contribution in [-0.4, -0.2) is 67.6 Å². The van der Waals surface area contributed by atoms with Crippen molar-refractivity contribution in [2.45, 2.75) is 56.9 Å². The summed E-state index contributed by atoms with van der Waals surface area (Å²) in [7, 11) is 4.95. The average molecular weight is 484 g/mol. The number of anilines is 1. The number of carbonyl (C=O) groups is 1. The largest absolute Gasteiger partial charge is 0.381 e. The zero-order valence-corrected chi connectivity index (χ0v) is 20.6. The summed E-state index contributed by atoms with van der Waals surface area (Å²) < 4.78 is 12.5. The number of hydrogen-bond donors (Lipinski definition) is 3. The van der Waals surface area contributed by atoms with E-state index in [-0.39, 0.29) is 35.8 Å². The van der Waals surface area contributed by atoms with E-state index in [2.05, 4.69) is 32.8 Å². The van der Waals surface area contributed by atoms with Crippen molar-refractivity contribution >= 4 is 24.1 Å². The Morgan fingerprint density at radius 3 is 2.63 bits per heavy atom. The predicted octanol–water partition coefficient (Wildman–Crippen LogP) is 1.53. The third kappa shape index (κ3) is 4.87. The van der Waals surface area contributed by atoms with E-state index in [1.54, 1.807) is 51.1 Å². The molecule has 4 rings (SSSR count). The Kier molecular flexibility index (Phi) is 7.37. The number of hydrazone groups is 1. The predicted molar refractivity (Wildman–Crippen MR) is 134 cm³/mol. The number of carbonyl (C=O) groups excluding carboxylic acids is 1. The van der Waals surface area contributed by atoms with E-state index in [1.807, 2.05) is 6.07 Å². The van der Waals surface area contributed by atoms with E-state index >= 15 is 0 Å². The molecule has 3 aliphatic rings. The third-order valence-electron chi connectivity index (χ3n) is 6.89. The first kappa shape index (κ1) is 24.7. The molecule has 0 unspecified atom stereocenters. The molecule has 3 N–H and O–H groups in total. The molecule has 11 nitrogen and oxygen atoms in total. The number of methoxy groups -OCH3 is 2. The number of nitrogens with one attached hydrogen (secondary N) is 3. The van der Waals surface area contributed by atoms with Crippen LogP contribution in [0, 0.1) is 0 Å². The van der Waals surface area contributed by atoms with Crippen molar-refractivity contribution in [3.8, 4) is 0 Å². The van der Waals surface area contributed by atoms with Gasteiger partial charge in [-0.25, -0.2) is 0 Å². The van der Waals surface area contributed by atoms with Gasteiger partial charge in [-0.15, -0.1) is 0 Å². The standard InChI is InChI=1S/C24H33N7O4/c1-14(23(32)28-17-8-9-19(17)35-5)22-29-20(13-21(25-2)31(22)26-3)27-18-7-6-10-30(24(18)33)15-11-16(12-15)34-4/h6-7,10,13,15-17,19,27,29H,3,8-9,11-12H2,1-2,4-5H3,(H,28,32)/b22-14+,25-21?/t15?,16?,17-,19-/m0/s1. The molecular formula is C24H33N7O4. The van der Waals surface area contributed by atoms with Gasteiger partial charge < -0.3 is 30.0 Å². The Hall–Kier alpha value is -3.44. The molecule has 1 aromatic rings. The van der Waals surface area contributed by atoms with Crippen LogP contribution in [0.5, 0.6) is 0 Å². The maximum absolute atomic E-state index is 13.1. The van der Waals surface area contributed by atoms with Gasteiger partial charge in [0, 0.05) is 46.3 Å². The van der Waals surface area contributed by atoms with Crippen molar-refractivity contribution in [2.75, 3.05) is 26.6 Å². The molecule has 2 atom stereocenters. The highest BCUT2D eigenvalue weighted by molar-refractivity contribution is 5.99. The Morgan fingerprint density at radius 2 is 2.03 bits per heavy atom. The number of amidine groups is 1. The molecule has 0 aromatic carbocycles. The second kappa shape index (κ2) is 10.4. The number of aromatic nitrogens is 1. The fraction of sp³-hybridized carbons (Fsp3) is 0.500. The van der Waals surface area contributed by atoms with E-state index in [0.717, 1.165) is 25.7 Å². The Balaban J connectivity index is 1.57. The van der Waals surface area contributed by atoms with E-state index in [4.69, 9.17) is 9.47 Å². The summed E-state index contributed by atoms with van der Waals surface area (Å²) in [6, 6.07) is 3.63. The topological polar surface area (TPSA) is 122 Å². The molecule has 1 amide bonds. The van der Waals surface area contributed by atoms with Gasteiger partial charge in [0.05, 0.1) is 23.8 Å². The van der Waals surface area contributed by atoms with Crippen LogP contribution in [0.25, 0.3) is 0 Å². The molecule has 1 aromatic heterocycles. The quantitative estimate of drug-likeness (QED) is 0.379. The highest BCUT2D eigenvalue weighted by Crippen LogP contribution is 2.33. The molecule has 0 spiro atoms. The second-order valence-electron chi connectivity index (χ2n) is 8.87. The first-order chi connectivity index (χ1) is 16.9. The molecule has 11 heteroatoms. The highest BCUT2D eigenvalue weighted by Gasteiger charge is 2.34. The van der Waals surface area contributed by atoms with Crippen LogP contribution in [0.15, 0.2) is 56.5 Å². The first-order valence-electron chi connectivity index (χ1n) is 11.7. The second-order valence-corrected chi connectivity index (χ2v) is 8.87. The fourth-order valence-corrected chi connectivity index (χ4v) is 4.44. The number of ether oxygens (including phenoxy) is 2. The van der Waals surface area contributed by atoms with E-state index in [9.17, 15) is 9.59 Å². The molecule has 188 valence electrons. The molecule has 2 aliphatic carbocycles. The lowest BCUT2D eigenvalue weighted by atomic mass is 9.89. The highest BCUT2D eigenvalue weighted by atomic mass is 16.5. The Bertz CT molecular complexity index is 1130. The minimum atomic E-state index is -0.246. The van der Waals surface area contributed by atoms with Crippen LogP contribution in [0.2, 0.25) is 0 Å². The van der Waals surface area contributed by atoms with E-state index in [0.29, 0.717) is 28.7 Å². The van der Waals surface area contributed by atoms with Gasteiger partial charge in [-0.1, -0.05) is 0 Å². The van der Waals surface area contributed by atoms with Gasteiger partial charge in [0.15, 0.2) is 5.84 Å². The number of rotatable bonds is 8. The molecule has 2 heterocycles. The summed E-state index contributed by atoms with van der Waals surface area (Å²) >= 11 is 0. The van der Waals surface area contributed by atoms with Crippen LogP contribution in [0.3, 0.4) is 0 Å². The minimum absolute atomic E-state index is 0.0182. The van der Waals surface area contributed by atoms with Gasteiger partial charge in [0.2, 0.25) is 0 Å².